The fourth-order valence-electron chi connectivity index (χ4n) is 2.89. The van der Waals surface area contributed by atoms with Crippen molar-refractivity contribution in [2.75, 3.05) is 11.9 Å². The molecule has 0 atom stereocenters. The standard InChI is InChI=1S/C23H18BrN3O3/c1-2-29-20-13-10-17(24)14-19(20)21(28)25-18-11-8-16(9-12-18)23-27-26-22(30-23)15-6-4-3-5-7-15/h3-14H,2H2,1H3,(H,25,28). The lowest BCUT2D eigenvalue weighted by molar-refractivity contribution is 0.102. The number of nitrogens with zero attached hydrogens (tertiary/aromatic N) is 2. The van der Waals surface area contributed by atoms with Crippen LogP contribution in [0.1, 0.15) is 17.3 Å². The molecule has 0 aliphatic heterocycles. The second-order valence-corrected chi connectivity index (χ2v) is 7.30. The summed E-state index contributed by atoms with van der Waals surface area (Å²) in [5.74, 6) is 1.16. The lowest BCUT2D eigenvalue weighted by Gasteiger charge is -2.11. The van der Waals surface area contributed by atoms with Crippen LogP contribution in [0.25, 0.3) is 22.9 Å². The maximum Gasteiger partial charge on any atom is 0.259 e. The molecule has 150 valence electrons. The number of halogens is 1. The average Bonchev–Trinajstić information content (AvgIpc) is 3.26. The van der Waals surface area contributed by atoms with Gasteiger partial charge in [-0.05, 0) is 61.5 Å². The first kappa shape index (κ1) is 19.8. The number of carbonyl (C=O) groups excluding carboxylic acids is 1. The molecule has 1 N–H and O–H groups in total. The molecule has 4 aromatic rings. The van der Waals surface area contributed by atoms with E-state index in [2.05, 4.69) is 31.4 Å². The number of rotatable bonds is 6. The topological polar surface area (TPSA) is 77.2 Å². The van der Waals surface area contributed by atoms with Crippen molar-refractivity contribution in [3.8, 4) is 28.7 Å². The summed E-state index contributed by atoms with van der Waals surface area (Å²) in [6.07, 6.45) is 0. The molecule has 4 rings (SSSR count). The average molecular weight is 464 g/mol. The first-order valence-corrected chi connectivity index (χ1v) is 10.2. The van der Waals surface area contributed by atoms with Gasteiger partial charge in [-0.15, -0.1) is 10.2 Å². The predicted molar refractivity (Wildman–Crippen MR) is 118 cm³/mol. The quantitative estimate of drug-likeness (QED) is 0.389. The van der Waals surface area contributed by atoms with Crippen molar-refractivity contribution in [3.63, 3.8) is 0 Å². The highest BCUT2D eigenvalue weighted by molar-refractivity contribution is 9.10. The number of nitrogens with one attached hydrogen (secondary N) is 1. The van der Waals surface area contributed by atoms with Gasteiger partial charge in [0.25, 0.3) is 5.91 Å². The molecule has 0 spiro atoms. The van der Waals surface area contributed by atoms with Crippen LogP contribution < -0.4 is 10.1 Å². The van der Waals surface area contributed by atoms with E-state index in [9.17, 15) is 4.79 Å². The first-order valence-electron chi connectivity index (χ1n) is 9.37. The summed E-state index contributed by atoms with van der Waals surface area (Å²) in [5, 5.41) is 11.1. The molecule has 0 aliphatic carbocycles. The minimum Gasteiger partial charge on any atom is -0.493 e. The molecule has 0 radical (unpaired) electrons. The summed E-state index contributed by atoms with van der Waals surface area (Å²) in [7, 11) is 0. The number of amides is 1. The Balaban J connectivity index is 1.50. The molecule has 1 heterocycles. The smallest absolute Gasteiger partial charge is 0.259 e. The highest BCUT2D eigenvalue weighted by Gasteiger charge is 2.14. The van der Waals surface area contributed by atoms with Gasteiger partial charge in [0.05, 0.1) is 12.2 Å². The summed E-state index contributed by atoms with van der Waals surface area (Å²) in [4.78, 5) is 12.7. The van der Waals surface area contributed by atoms with E-state index >= 15 is 0 Å². The lowest BCUT2D eigenvalue weighted by atomic mass is 10.1. The van der Waals surface area contributed by atoms with Gasteiger partial charge in [0.2, 0.25) is 11.8 Å². The maximum absolute atomic E-state index is 12.7. The van der Waals surface area contributed by atoms with E-state index in [-0.39, 0.29) is 5.91 Å². The Morgan fingerprint density at radius 3 is 2.30 bits per heavy atom. The summed E-state index contributed by atoms with van der Waals surface area (Å²) in [5.41, 5.74) is 2.73. The Hall–Kier alpha value is -3.45. The second kappa shape index (κ2) is 8.92. The molecule has 1 amide bonds. The van der Waals surface area contributed by atoms with Gasteiger partial charge in [0.1, 0.15) is 5.75 Å². The van der Waals surface area contributed by atoms with Crippen LogP contribution in [0.5, 0.6) is 5.75 Å². The summed E-state index contributed by atoms with van der Waals surface area (Å²) < 4.78 is 12.1. The highest BCUT2D eigenvalue weighted by atomic mass is 79.9. The molecule has 3 aromatic carbocycles. The minimum absolute atomic E-state index is 0.253. The predicted octanol–water partition coefficient (Wildman–Crippen LogP) is 5.82. The third kappa shape index (κ3) is 4.41. The molecule has 0 unspecified atom stereocenters. The van der Waals surface area contributed by atoms with Crippen molar-refractivity contribution < 1.29 is 13.9 Å². The Morgan fingerprint density at radius 1 is 0.967 bits per heavy atom. The number of hydrogen-bond acceptors (Lipinski definition) is 5. The van der Waals surface area contributed by atoms with Gasteiger partial charge in [-0.25, -0.2) is 0 Å². The van der Waals surface area contributed by atoms with Crippen LogP contribution in [0.3, 0.4) is 0 Å². The van der Waals surface area contributed by atoms with Crippen molar-refractivity contribution in [1.29, 1.82) is 0 Å². The zero-order chi connectivity index (χ0) is 20.9. The normalized spacial score (nSPS) is 10.6. The lowest BCUT2D eigenvalue weighted by Crippen LogP contribution is -2.13. The van der Waals surface area contributed by atoms with E-state index in [1.54, 1.807) is 24.3 Å². The van der Waals surface area contributed by atoms with E-state index < -0.39 is 0 Å². The number of ether oxygens (including phenoxy) is 1. The van der Waals surface area contributed by atoms with E-state index in [1.165, 1.54) is 0 Å². The fourth-order valence-corrected chi connectivity index (χ4v) is 3.25. The number of benzene rings is 3. The zero-order valence-electron chi connectivity index (χ0n) is 16.1. The van der Waals surface area contributed by atoms with E-state index in [0.717, 1.165) is 15.6 Å². The van der Waals surface area contributed by atoms with Gasteiger partial charge in [0.15, 0.2) is 0 Å². The molecule has 0 saturated heterocycles. The second-order valence-electron chi connectivity index (χ2n) is 6.38. The summed E-state index contributed by atoms with van der Waals surface area (Å²) in [6, 6.07) is 22.1. The van der Waals surface area contributed by atoms with Crippen LogP contribution in [0, 0.1) is 0 Å². The molecule has 30 heavy (non-hydrogen) atoms. The third-order valence-corrected chi connectivity index (χ3v) is 4.81. The molecule has 0 bridgehead atoms. The molecule has 6 nitrogen and oxygen atoms in total. The molecule has 0 aliphatic rings. The SMILES string of the molecule is CCOc1ccc(Br)cc1C(=O)Nc1ccc(-c2nnc(-c3ccccc3)o2)cc1. The van der Waals surface area contributed by atoms with Crippen molar-refractivity contribution in [2.24, 2.45) is 0 Å². The van der Waals surface area contributed by atoms with Crippen molar-refractivity contribution in [1.82, 2.24) is 10.2 Å². The first-order chi connectivity index (χ1) is 14.6. The molecule has 1 aromatic heterocycles. The number of aromatic nitrogens is 2. The number of anilines is 1. The van der Waals surface area contributed by atoms with Crippen LogP contribution in [0.2, 0.25) is 0 Å². The monoisotopic (exact) mass is 463 g/mol. The van der Waals surface area contributed by atoms with Gasteiger partial charge >= 0.3 is 0 Å². The molecule has 7 heteroatoms. The fraction of sp³-hybridized carbons (Fsp3) is 0.0870. The van der Waals surface area contributed by atoms with Crippen molar-refractivity contribution in [2.45, 2.75) is 6.92 Å². The Labute approximate surface area is 182 Å². The molecule has 0 saturated carbocycles. The van der Waals surface area contributed by atoms with Gasteiger partial charge in [-0.2, -0.15) is 0 Å². The molecular formula is C23H18BrN3O3. The van der Waals surface area contributed by atoms with Gasteiger partial charge in [-0.1, -0.05) is 34.1 Å². The summed E-state index contributed by atoms with van der Waals surface area (Å²) >= 11 is 3.40. The highest BCUT2D eigenvalue weighted by Crippen LogP contribution is 2.27. The number of carbonyl (C=O) groups is 1. The van der Waals surface area contributed by atoms with Crippen LogP contribution in [-0.2, 0) is 0 Å². The van der Waals surface area contributed by atoms with Crippen LogP contribution in [0.15, 0.2) is 81.7 Å². The molecular weight excluding hydrogens is 446 g/mol. The van der Waals surface area contributed by atoms with E-state index in [0.29, 0.717) is 35.4 Å². The maximum atomic E-state index is 12.7. The Morgan fingerprint density at radius 2 is 1.63 bits per heavy atom. The molecule has 0 fully saturated rings. The van der Waals surface area contributed by atoms with E-state index in [1.807, 2.05) is 55.5 Å². The Bertz CT molecular complexity index is 1160. The van der Waals surface area contributed by atoms with Gasteiger partial charge in [-0.3, -0.25) is 4.79 Å². The number of hydrogen-bond donors (Lipinski definition) is 1. The minimum atomic E-state index is -0.253. The largest absolute Gasteiger partial charge is 0.493 e. The van der Waals surface area contributed by atoms with Gasteiger partial charge < -0.3 is 14.5 Å². The Kier molecular flexibility index (Phi) is 5.90. The van der Waals surface area contributed by atoms with E-state index in [4.69, 9.17) is 9.15 Å². The van der Waals surface area contributed by atoms with Crippen molar-refractivity contribution >= 4 is 27.5 Å². The third-order valence-electron chi connectivity index (χ3n) is 4.32. The van der Waals surface area contributed by atoms with Crippen LogP contribution >= 0.6 is 15.9 Å². The zero-order valence-corrected chi connectivity index (χ0v) is 17.7. The summed E-state index contributed by atoms with van der Waals surface area (Å²) in [6.45, 7) is 2.36. The van der Waals surface area contributed by atoms with Crippen LogP contribution in [-0.4, -0.2) is 22.7 Å². The van der Waals surface area contributed by atoms with Crippen molar-refractivity contribution in [3.05, 3.63) is 82.8 Å². The van der Waals surface area contributed by atoms with Gasteiger partial charge in [0, 0.05) is 21.3 Å². The van der Waals surface area contributed by atoms with Crippen LogP contribution in [0.4, 0.5) is 5.69 Å².